The molecular weight excluding hydrogens is 503 g/mol. The summed E-state index contributed by atoms with van der Waals surface area (Å²) >= 11 is 0. The van der Waals surface area contributed by atoms with E-state index in [4.69, 9.17) is 0 Å². The Bertz CT molecular complexity index is 519. The normalized spacial score (nSPS) is 15.6. The number of alkyl halides is 16. The van der Waals surface area contributed by atoms with E-state index < -0.39 is 70.2 Å². The highest BCUT2D eigenvalue weighted by atomic mass is 31.2. The van der Waals surface area contributed by atoms with Crippen molar-refractivity contribution in [2.45, 2.75) is 48.4 Å². The van der Waals surface area contributed by atoms with Crippen LogP contribution in [0.15, 0.2) is 0 Å². The van der Waals surface area contributed by atoms with Crippen LogP contribution in [0.4, 0.5) is 70.2 Å². The molecule has 0 saturated heterocycles. The first-order valence-electron chi connectivity index (χ1n) is 6.55. The number of halogens is 16. The maximum absolute atomic E-state index is 13.0. The van der Waals surface area contributed by atoms with E-state index in [1.54, 1.807) is 0 Å². The molecule has 0 aromatic carbocycles. The molecule has 0 amide bonds. The zero-order valence-corrected chi connectivity index (χ0v) is 14.2. The van der Waals surface area contributed by atoms with Crippen LogP contribution in [-0.4, -0.2) is 61.6 Å². The van der Waals surface area contributed by atoms with Gasteiger partial charge in [0.1, 0.15) is 13.2 Å². The van der Waals surface area contributed by atoms with Gasteiger partial charge in [-0.1, -0.05) is 0 Å². The molecule has 0 aliphatic heterocycles. The molecule has 0 aromatic heterocycles. The van der Waals surface area contributed by atoms with Crippen LogP contribution in [0.1, 0.15) is 0 Å². The lowest BCUT2D eigenvalue weighted by atomic mass is 10.1. The molecule has 0 spiro atoms. The summed E-state index contributed by atoms with van der Waals surface area (Å²) in [5.74, 6) is -39.6. The molecule has 182 valence electrons. The number of hydrogen-bond acceptors (Lipinski definition) is 3. The predicted octanol–water partition coefficient (Wildman–Crippen LogP) is 4.95. The van der Waals surface area contributed by atoms with Gasteiger partial charge in [0.25, 0.3) is 0 Å². The molecule has 0 aromatic rings. The average molecular weight is 509 g/mol. The largest absolute Gasteiger partial charge is 0.786 e. The van der Waals surface area contributed by atoms with Crippen LogP contribution in [0.3, 0.4) is 0 Å². The van der Waals surface area contributed by atoms with Crippen molar-refractivity contribution < 1.29 is 84.2 Å². The third kappa shape index (κ3) is 5.32. The molecule has 0 saturated carbocycles. The second-order valence-electron chi connectivity index (χ2n) is 5.18. The highest BCUT2D eigenvalue weighted by molar-refractivity contribution is 7.39. The standard InChI is InChI=1S/C10H6F16O3P/c11-3(12)7(19,20)9(23,24)5(15,16)1-28-30(27)29-2-6(17,18)10(25,26)8(21,22)4(13)14/h3-4H,1-2H2/q-1. The summed E-state index contributed by atoms with van der Waals surface area (Å²) in [6.07, 6.45) is -10.7. The molecule has 0 aliphatic carbocycles. The summed E-state index contributed by atoms with van der Waals surface area (Å²) in [5.41, 5.74) is 0. The fraction of sp³-hybridized carbons (Fsp3) is 1.00. The van der Waals surface area contributed by atoms with Gasteiger partial charge in [0, 0.05) is 0 Å². The van der Waals surface area contributed by atoms with Crippen molar-refractivity contribution in [3.8, 4) is 0 Å². The van der Waals surface area contributed by atoms with Crippen molar-refractivity contribution in [3.05, 3.63) is 0 Å². The minimum atomic E-state index is -6.87. The van der Waals surface area contributed by atoms with Crippen molar-refractivity contribution >= 4 is 8.60 Å². The molecule has 0 bridgehead atoms. The summed E-state index contributed by atoms with van der Waals surface area (Å²) in [6, 6.07) is 0. The second kappa shape index (κ2) is 8.97. The van der Waals surface area contributed by atoms with E-state index >= 15 is 0 Å². The minimum absolute atomic E-state index is 3.07. The lowest BCUT2D eigenvalue weighted by Gasteiger charge is -2.35. The van der Waals surface area contributed by atoms with Crippen molar-refractivity contribution in [3.63, 3.8) is 0 Å². The van der Waals surface area contributed by atoms with Crippen LogP contribution in [0.25, 0.3) is 0 Å². The van der Waals surface area contributed by atoms with E-state index in [0.29, 0.717) is 0 Å². The predicted molar refractivity (Wildman–Crippen MR) is 60.5 cm³/mol. The van der Waals surface area contributed by atoms with Crippen LogP contribution in [0.5, 0.6) is 0 Å². The number of rotatable bonds is 12. The summed E-state index contributed by atoms with van der Waals surface area (Å²) in [7, 11) is -4.65. The quantitative estimate of drug-likeness (QED) is 0.277. The van der Waals surface area contributed by atoms with Gasteiger partial charge >= 0.3 is 48.4 Å². The molecule has 3 nitrogen and oxygen atoms in total. The Labute approximate surface area is 155 Å². The fourth-order valence-electron chi connectivity index (χ4n) is 1.25. The van der Waals surface area contributed by atoms with E-state index in [1.807, 2.05) is 0 Å². The molecule has 0 atom stereocenters. The van der Waals surface area contributed by atoms with Crippen molar-refractivity contribution in [1.82, 2.24) is 0 Å². The molecule has 30 heavy (non-hydrogen) atoms. The van der Waals surface area contributed by atoms with Crippen LogP contribution in [0, 0.1) is 0 Å². The van der Waals surface area contributed by atoms with E-state index in [-0.39, 0.29) is 0 Å². The lowest BCUT2D eigenvalue weighted by Crippen LogP contribution is -2.59. The Hall–Kier alpha value is -0.810. The van der Waals surface area contributed by atoms with Crippen LogP contribution < -0.4 is 4.89 Å². The lowest BCUT2D eigenvalue weighted by molar-refractivity contribution is -0.348. The van der Waals surface area contributed by atoms with Crippen LogP contribution >= 0.6 is 8.60 Å². The van der Waals surface area contributed by atoms with Crippen LogP contribution in [-0.2, 0) is 9.05 Å². The van der Waals surface area contributed by atoms with Gasteiger partial charge in [-0.2, -0.15) is 52.7 Å². The first-order valence-corrected chi connectivity index (χ1v) is 7.65. The third-order valence-electron chi connectivity index (χ3n) is 3.01. The van der Waals surface area contributed by atoms with Crippen molar-refractivity contribution in [2.75, 3.05) is 13.2 Å². The Morgan fingerprint density at radius 2 is 0.800 bits per heavy atom. The Morgan fingerprint density at radius 3 is 1.00 bits per heavy atom. The zero-order valence-electron chi connectivity index (χ0n) is 13.3. The Morgan fingerprint density at radius 1 is 0.567 bits per heavy atom. The Kier molecular flexibility index (Phi) is 8.73. The van der Waals surface area contributed by atoms with Gasteiger partial charge in [-0.3, -0.25) is 0 Å². The first kappa shape index (κ1) is 29.2. The fourth-order valence-corrected chi connectivity index (χ4v) is 1.86. The number of hydrogen-bond donors (Lipinski definition) is 0. The van der Waals surface area contributed by atoms with E-state index in [0.717, 1.165) is 0 Å². The Balaban J connectivity index is 5.15. The van der Waals surface area contributed by atoms with E-state index in [1.165, 1.54) is 0 Å². The molecular formula is C10H6F16O3P-. The van der Waals surface area contributed by atoms with Crippen molar-refractivity contribution in [1.29, 1.82) is 0 Å². The average Bonchev–Trinajstić information content (AvgIpc) is 2.57. The monoisotopic (exact) mass is 509 g/mol. The molecule has 0 fully saturated rings. The summed E-state index contributed by atoms with van der Waals surface area (Å²) in [5, 5.41) is 0. The maximum Gasteiger partial charge on any atom is 0.380 e. The summed E-state index contributed by atoms with van der Waals surface area (Å²) < 4.78 is 207. The molecule has 0 rings (SSSR count). The highest BCUT2D eigenvalue weighted by Crippen LogP contribution is 2.51. The molecule has 0 unspecified atom stereocenters. The molecule has 20 heteroatoms. The van der Waals surface area contributed by atoms with E-state index in [2.05, 4.69) is 9.05 Å². The minimum Gasteiger partial charge on any atom is -0.786 e. The topological polar surface area (TPSA) is 41.5 Å². The van der Waals surface area contributed by atoms with Gasteiger partial charge in [-0.05, 0) is 0 Å². The third-order valence-corrected chi connectivity index (χ3v) is 3.69. The van der Waals surface area contributed by atoms with Gasteiger partial charge in [-0.25, -0.2) is 17.6 Å². The van der Waals surface area contributed by atoms with Gasteiger partial charge in [0.2, 0.25) is 0 Å². The highest BCUT2D eigenvalue weighted by Gasteiger charge is 2.76. The van der Waals surface area contributed by atoms with E-state index in [9.17, 15) is 75.1 Å². The van der Waals surface area contributed by atoms with Gasteiger partial charge in [0.15, 0.2) is 0 Å². The maximum atomic E-state index is 13.0. The smallest absolute Gasteiger partial charge is 0.380 e. The van der Waals surface area contributed by atoms with Gasteiger partial charge in [0.05, 0.1) is 8.60 Å². The molecule has 0 aliphatic rings. The van der Waals surface area contributed by atoms with Gasteiger partial charge < -0.3 is 13.9 Å². The van der Waals surface area contributed by atoms with Crippen LogP contribution in [0.2, 0.25) is 0 Å². The zero-order chi connectivity index (χ0) is 24.6. The SMILES string of the molecule is [O-]P(OCC(F)(F)C(F)(F)C(F)(F)C(F)F)OCC(F)(F)C(F)(F)C(F)(F)C(F)F. The van der Waals surface area contributed by atoms with Crippen molar-refractivity contribution in [2.24, 2.45) is 0 Å². The molecule has 0 radical (unpaired) electrons. The van der Waals surface area contributed by atoms with Gasteiger partial charge in [-0.15, -0.1) is 0 Å². The summed E-state index contributed by atoms with van der Waals surface area (Å²) in [6.45, 7) is -6.38. The molecule has 0 heterocycles. The summed E-state index contributed by atoms with van der Waals surface area (Å²) in [4.78, 5) is 10.8. The molecule has 0 N–H and O–H groups in total. The first-order chi connectivity index (χ1) is 13.0. The second-order valence-corrected chi connectivity index (χ2v) is 6.14.